The maximum Gasteiger partial charge on any atom is 0.355 e. The lowest BCUT2D eigenvalue weighted by atomic mass is 10.0. The van der Waals surface area contributed by atoms with Gasteiger partial charge >= 0.3 is 5.97 Å². The van der Waals surface area contributed by atoms with E-state index in [2.05, 4.69) is 9.97 Å². The summed E-state index contributed by atoms with van der Waals surface area (Å²) in [4.78, 5) is 19.9. The number of hydrogen-bond acceptors (Lipinski definition) is 4. The van der Waals surface area contributed by atoms with Crippen molar-refractivity contribution in [2.45, 2.75) is 13.0 Å². The summed E-state index contributed by atoms with van der Waals surface area (Å²) in [6, 6.07) is 17.1. The predicted molar refractivity (Wildman–Crippen MR) is 100 cm³/mol. The van der Waals surface area contributed by atoms with Crippen LogP contribution in [0.15, 0.2) is 60.8 Å². The molecule has 0 radical (unpaired) electrons. The van der Waals surface area contributed by atoms with Crippen LogP contribution in [0.4, 0.5) is 0 Å². The number of aromatic amines is 1. The number of fused-ring (bicyclic) bond motifs is 2. The molecule has 0 aliphatic rings. The van der Waals surface area contributed by atoms with Crippen LogP contribution in [0.3, 0.4) is 0 Å². The van der Waals surface area contributed by atoms with Gasteiger partial charge in [-0.2, -0.15) is 0 Å². The molecule has 2 N–H and O–H groups in total. The largest absolute Gasteiger partial charge is 0.461 e. The van der Waals surface area contributed by atoms with Crippen LogP contribution in [0, 0.1) is 0 Å². The van der Waals surface area contributed by atoms with E-state index in [4.69, 9.17) is 4.74 Å². The SMILES string of the molecule is CCOC(=O)c1[nH]c2ccccc2c1[C@@H](O)c1cc2ccccc2cn1. The number of hydrogen-bond donors (Lipinski definition) is 2. The van der Waals surface area contributed by atoms with Gasteiger partial charge in [-0.1, -0.05) is 42.5 Å². The van der Waals surface area contributed by atoms with Crippen molar-refractivity contribution in [1.29, 1.82) is 0 Å². The Morgan fingerprint density at radius 2 is 1.88 bits per heavy atom. The molecule has 2 aromatic carbocycles. The van der Waals surface area contributed by atoms with Crippen molar-refractivity contribution in [3.05, 3.63) is 77.7 Å². The fraction of sp³-hybridized carbons (Fsp3) is 0.143. The third-order valence-corrected chi connectivity index (χ3v) is 4.43. The first kappa shape index (κ1) is 16.3. The van der Waals surface area contributed by atoms with Crippen molar-refractivity contribution in [1.82, 2.24) is 9.97 Å². The van der Waals surface area contributed by atoms with Crippen molar-refractivity contribution in [2.75, 3.05) is 6.61 Å². The second-order valence-electron chi connectivity index (χ2n) is 6.04. The standard InChI is InChI=1S/C21H18N2O3/c1-2-26-21(25)19-18(15-9-5-6-10-16(15)23-19)20(24)17-11-13-7-3-4-8-14(13)12-22-17/h3-12,20,23-24H,2H2,1H3/t20-/m0/s1. The average Bonchev–Trinajstić information content (AvgIpc) is 3.07. The number of para-hydroxylation sites is 1. The van der Waals surface area contributed by atoms with E-state index in [1.165, 1.54) is 0 Å². The molecule has 2 aromatic heterocycles. The fourth-order valence-electron chi connectivity index (χ4n) is 3.21. The minimum Gasteiger partial charge on any atom is -0.461 e. The van der Waals surface area contributed by atoms with Crippen molar-refractivity contribution in [2.24, 2.45) is 0 Å². The highest BCUT2D eigenvalue weighted by Crippen LogP contribution is 2.32. The van der Waals surface area contributed by atoms with Crippen molar-refractivity contribution in [3.8, 4) is 0 Å². The molecule has 130 valence electrons. The molecule has 4 rings (SSSR count). The summed E-state index contributed by atoms with van der Waals surface area (Å²) in [6.45, 7) is 2.01. The van der Waals surface area contributed by atoms with E-state index in [-0.39, 0.29) is 12.3 Å². The Balaban J connectivity index is 1.88. The van der Waals surface area contributed by atoms with Crippen LogP contribution in [0.5, 0.6) is 0 Å². The van der Waals surface area contributed by atoms with Gasteiger partial charge in [-0.05, 0) is 24.4 Å². The molecule has 2 heterocycles. The summed E-state index contributed by atoms with van der Waals surface area (Å²) in [5.41, 5.74) is 2.00. The summed E-state index contributed by atoms with van der Waals surface area (Å²) in [5, 5.41) is 13.8. The number of benzene rings is 2. The van der Waals surface area contributed by atoms with Gasteiger partial charge in [0, 0.05) is 28.0 Å². The Labute approximate surface area is 150 Å². The lowest BCUT2D eigenvalue weighted by Gasteiger charge is -2.13. The second kappa shape index (κ2) is 6.61. The summed E-state index contributed by atoms with van der Waals surface area (Å²) >= 11 is 0. The molecule has 0 unspecified atom stereocenters. The average molecular weight is 346 g/mol. The van der Waals surface area contributed by atoms with E-state index < -0.39 is 12.1 Å². The molecule has 0 saturated heterocycles. The first-order valence-corrected chi connectivity index (χ1v) is 8.49. The van der Waals surface area contributed by atoms with Crippen LogP contribution in [0.1, 0.15) is 34.8 Å². The molecule has 0 amide bonds. The van der Waals surface area contributed by atoms with E-state index in [9.17, 15) is 9.90 Å². The van der Waals surface area contributed by atoms with Gasteiger partial charge in [0.1, 0.15) is 11.8 Å². The lowest BCUT2D eigenvalue weighted by Crippen LogP contribution is -2.11. The molecule has 0 aliphatic carbocycles. The van der Waals surface area contributed by atoms with Crippen LogP contribution < -0.4 is 0 Å². The minimum atomic E-state index is -1.05. The van der Waals surface area contributed by atoms with Gasteiger partial charge < -0.3 is 14.8 Å². The molecule has 5 heteroatoms. The van der Waals surface area contributed by atoms with Gasteiger partial charge in [0.25, 0.3) is 0 Å². The number of carbonyl (C=O) groups excluding carboxylic acids is 1. The topological polar surface area (TPSA) is 75.2 Å². The third-order valence-electron chi connectivity index (χ3n) is 4.43. The van der Waals surface area contributed by atoms with Crippen molar-refractivity contribution >= 4 is 27.6 Å². The highest BCUT2D eigenvalue weighted by Gasteiger charge is 2.26. The normalized spacial score (nSPS) is 12.4. The van der Waals surface area contributed by atoms with E-state index in [0.29, 0.717) is 11.3 Å². The molecule has 0 fully saturated rings. The van der Waals surface area contributed by atoms with Gasteiger partial charge in [-0.3, -0.25) is 4.98 Å². The number of aliphatic hydroxyl groups excluding tert-OH is 1. The number of pyridine rings is 1. The summed E-state index contributed by atoms with van der Waals surface area (Å²) in [7, 11) is 0. The van der Waals surface area contributed by atoms with Gasteiger partial charge in [-0.25, -0.2) is 4.79 Å². The van der Waals surface area contributed by atoms with Crippen LogP contribution in [0.25, 0.3) is 21.7 Å². The molecule has 4 aromatic rings. The highest BCUT2D eigenvalue weighted by atomic mass is 16.5. The van der Waals surface area contributed by atoms with Crippen LogP contribution in [0.2, 0.25) is 0 Å². The number of esters is 1. The predicted octanol–water partition coefficient (Wildman–Crippen LogP) is 3.97. The monoisotopic (exact) mass is 346 g/mol. The number of H-pyrrole nitrogens is 1. The number of nitrogens with one attached hydrogen (secondary N) is 1. The number of ether oxygens (including phenoxy) is 1. The summed E-state index contributed by atoms with van der Waals surface area (Å²) < 4.78 is 5.15. The molecule has 5 nitrogen and oxygen atoms in total. The van der Waals surface area contributed by atoms with E-state index in [0.717, 1.165) is 21.7 Å². The number of rotatable bonds is 4. The Kier molecular flexibility index (Phi) is 4.14. The lowest BCUT2D eigenvalue weighted by molar-refractivity contribution is 0.0515. The summed E-state index contributed by atoms with van der Waals surface area (Å²) in [5.74, 6) is -0.487. The van der Waals surface area contributed by atoms with E-state index >= 15 is 0 Å². The van der Waals surface area contributed by atoms with E-state index in [1.807, 2.05) is 54.6 Å². The zero-order valence-corrected chi connectivity index (χ0v) is 14.3. The maximum absolute atomic E-state index is 12.4. The number of aliphatic hydroxyl groups is 1. The van der Waals surface area contributed by atoms with Crippen LogP contribution >= 0.6 is 0 Å². The third kappa shape index (κ3) is 2.72. The van der Waals surface area contributed by atoms with Gasteiger partial charge in [0.2, 0.25) is 0 Å². The fourth-order valence-corrected chi connectivity index (χ4v) is 3.21. The van der Waals surface area contributed by atoms with Crippen molar-refractivity contribution in [3.63, 3.8) is 0 Å². The molecule has 0 bridgehead atoms. The molecular formula is C21H18N2O3. The number of nitrogens with zero attached hydrogens (tertiary/aromatic N) is 1. The highest BCUT2D eigenvalue weighted by molar-refractivity contribution is 5.99. The van der Waals surface area contributed by atoms with E-state index in [1.54, 1.807) is 13.1 Å². The Hall–Kier alpha value is -3.18. The number of carbonyl (C=O) groups is 1. The smallest absolute Gasteiger partial charge is 0.355 e. The van der Waals surface area contributed by atoms with Crippen LogP contribution in [-0.2, 0) is 4.74 Å². The van der Waals surface area contributed by atoms with Gasteiger partial charge in [0.15, 0.2) is 0 Å². The minimum absolute atomic E-state index is 0.260. The Bertz CT molecular complexity index is 1100. The van der Waals surface area contributed by atoms with Gasteiger partial charge in [-0.15, -0.1) is 0 Å². The molecule has 26 heavy (non-hydrogen) atoms. The molecule has 0 saturated carbocycles. The Morgan fingerprint density at radius 3 is 2.69 bits per heavy atom. The maximum atomic E-state index is 12.4. The zero-order chi connectivity index (χ0) is 18.1. The van der Waals surface area contributed by atoms with Gasteiger partial charge in [0.05, 0.1) is 12.3 Å². The first-order valence-electron chi connectivity index (χ1n) is 8.49. The van der Waals surface area contributed by atoms with Crippen LogP contribution in [-0.4, -0.2) is 27.7 Å². The second-order valence-corrected chi connectivity index (χ2v) is 6.04. The quantitative estimate of drug-likeness (QED) is 0.548. The molecule has 1 atom stereocenters. The Morgan fingerprint density at radius 1 is 1.15 bits per heavy atom. The van der Waals surface area contributed by atoms with Crippen molar-refractivity contribution < 1.29 is 14.6 Å². The molecule has 0 spiro atoms. The zero-order valence-electron chi connectivity index (χ0n) is 14.3. The number of aromatic nitrogens is 2. The molecule has 0 aliphatic heterocycles. The first-order chi connectivity index (χ1) is 12.7. The summed E-state index contributed by atoms with van der Waals surface area (Å²) in [6.07, 6.45) is 0.683. The molecular weight excluding hydrogens is 328 g/mol.